The Labute approximate surface area is 171 Å². The highest BCUT2D eigenvalue weighted by atomic mass is 35.5. The topological polar surface area (TPSA) is 90.1 Å². The molecule has 0 aliphatic rings. The van der Waals surface area contributed by atoms with Crippen LogP contribution in [-0.4, -0.2) is 9.55 Å². The first-order chi connectivity index (χ1) is 14.0. The molecule has 0 saturated carbocycles. The van der Waals surface area contributed by atoms with Crippen LogP contribution in [0.4, 0.5) is 23.2 Å². The Balaban J connectivity index is 1.98. The largest absolute Gasteiger partial charge is 0.489 e. The monoisotopic (exact) mass is 443 g/mol. The number of hydrogen-bond acceptors (Lipinski definition) is 4. The number of alkyl halides is 3. The summed E-state index contributed by atoms with van der Waals surface area (Å²) < 4.78 is 60.6. The summed E-state index contributed by atoms with van der Waals surface area (Å²) in [5.74, 6) is -1.11. The molecule has 3 aromatic rings. The lowest BCUT2D eigenvalue weighted by atomic mass is 10.0. The molecule has 6 nitrogen and oxygen atoms in total. The highest BCUT2D eigenvalue weighted by Crippen LogP contribution is 2.35. The van der Waals surface area contributed by atoms with E-state index in [9.17, 15) is 27.2 Å². The number of nitrogens with zero attached hydrogens (tertiary/aromatic N) is 1. The molecule has 3 N–H and O–H groups in total. The van der Waals surface area contributed by atoms with E-state index in [0.717, 1.165) is 19.2 Å². The van der Waals surface area contributed by atoms with Crippen LogP contribution in [0, 0.1) is 5.82 Å². The summed E-state index contributed by atoms with van der Waals surface area (Å²) in [6.45, 7) is -0.00558. The van der Waals surface area contributed by atoms with Crippen molar-refractivity contribution in [3.8, 4) is 16.9 Å². The number of hydrogen-bond donors (Lipinski definition) is 2. The number of rotatable bonds is 4. The van der Waals surface area contributed by atoms with Crippen LogP contribution in [0.15, 0.2) is 46.0 Å². The highest BCUT2D eigenvalue weighted by molar-refractivity contribution is 6.33. The quantitative estimate of drug-likeness (QED) is 0.475. The lowest BCUT2D eigenvalue weighted by Gasteiger charge is -2.16. The minimum Gasteiger partial charge on any atom is -0.489 e. The lowest BCUT2D eigenvalue weighted by Crippen LogP contribution is -2.35. The Hall–Kier alpha value is -3.27. The minimum atomic E-state index is -5.06. The summed E-state index contributed by atoms with van der Waals surface area (Å²) in [7, 11) is 0.831. The maximum absolute atomic E-state index is 14.6. The standard InChI is InChI=1S/C19H14ClF4N3O3/c1-27-16(19(22,23)24)15(17(28)26-18(27)29)11-4-3-10(7-13(11)21)30-8-9-2-5-12(20)14(25)6-9/h2-7H,8,25H2,1H3,(H,26,28,29). The average molecular weight is 444 g/mol. The predicted molar refractivity (Wildman–Crippen MR) is 103 cm³/mol. The van der Waals surface area contributed by atoms with Gasteiger partial charge in [-0.25, -0.2) is 9.18 Å². The third-order valence-electron chi connectivity index (χ3n) is 4.27. The van der Waals surface area contributed by atoms with Gasteiger partial charge in [0, 0.05) is 18.7 Å². The maximum Gasteiger partial charge on any atom is 0.432 e. The molecule has 0 radical (unpaired) electrons. The summed E-state index contributed by atoms with van der Waals surface area (Å²) >= 11 is 5.83. The third-order valence-corrected chi connectivity index (χ3v) is 4.61. The fourth-order valence-corrected chi connectivity index (χ4v) is 2.96. The molecule has 0 spiro atoms. The van der Waals surface area contributed by atoms with Crippen LogP contribution in [0.25, 0.3) is 11.1 Å². The number of ether oxygens (including phenoxy) is 1. The number of nitrogen functional groups attached to an aromatic ring is 1. The molecule has 0 aliphatic heterocycles. The van der Waals surface area contributed by atoms with Crippen LogP contribution in [0.2, 0.25) is 5.02 Å². The Morgan fingerprint density at radius 2 is 1.87 bits per heavy atom. The van der Waals surface area contributed by atoms with Gasteiger partial charge in [0.2, 0.25) is 0 Å². The van der Waals surface area contributed by atoms with Crippen molar-refractivity contribution < 1.29 is 22.3 Å². The number of nitrogens with one attached hydrogen (secondary N) is 1. The van der Waals surface area contributed by atoms with E-state index in [1.54, 1.807) is 23.2 Å². The molecule has 158 valence electrons. The predicted octanol–water partition coefficient (Wildman–Crippen LogP) is 3.71. The molecule has 0 fully saturated rings. The molecule has 1 aromatic heterocycles. The molecule has 3 rings (SSSR count). The van der Waals surface area contributed by atoms with Crippen molar-refractivity contribution in [2.75, 3.05) is 5.73 Å². The number of anilines is 1. The summed E-state index contributed by atoms with van der Waals surface area (Å²) in [4.78, 5) is 25.4. The van der Waals surface area contributed by atoms with Crippen molar-refractivity contribution in [2.24, 2.45) is 7.05 Å². The maximum atomic E-state index is 14.6. The first kappa shape index (κ1) is 21.4. The van der Waals surface area contributed by atoms with E-state index in [-0.39, 0.29) is 16.9 Å². The van der Waals surface area contributed by atoms with Gasteiger partial charge in [0.25, 0.3) is 5.56 Å². The fourth-order valence-electron chi connectivity index (χ4n) is 2.84. The molecule has 0 saturated heterocycles. The first-order valence-corrected chi connectivity index (χ1v) is 8.74. The van der Waals surface area contributed by atoms with E-state index in [0.29, 0.717) is 16.3 Å². The summed E-state index contributed by atoms with van der Waals surface area (Å²) in [6.07, 6.45) is -5.06. The van der Waals surface area contributed by atoms with Gasteiger partial charge in [-0.05, 0) is 29.8 Å². The second-order valence-electron chi connectivity index (χ2n) is 6.33. The van der Waals surface area contributed by atoms with E-state index in [1.807, 2.05) is 0 Å². The third kappa shape index (κ3) is 4.18. The minimum absolute atomic E-state index is 0.00558. The summed E-state index contributed by atoms with van der Waals surface area (Å²) in [5, 5.41) is 0.358. The van der Waals surface area contributed by atoms with Gasteiger partial charge in [-0.1, -0.05) is 17.7 Å². The Bertz CT molecular complexity index is 1240. The van der Waals surface area contributed by atoms with Gasteiger partial charge in [0.05, 0.1) is 16.3 Å². The summed E-state index contributed by atoms with van der Waals surface area (Å²) in [5.41, 5.74) is 0.853. The van der Waals surface area contributed by atoms with Gasteiger partial charge >= 0.3 is 11.9 Å². The Morgan fingerprint density at radius 3 is 2.47 bits per heavy atom. The van der Waals surface area contributed by atoms with E-state index in [1.165, 1.54) is 6.07 Å². The lowest BCUT2D eigenvalue weighted by molar-refractivity contribution is -0.143. The number of aromatic nitrogens is 2. The van der Waals surface area contributed by atoms with Crippen LogP contribution in [0.1, 0.15) is 11.3 Å². The van der Waals surface area contributed by atoms with Crippen molar-refractivity contribution in [1.82, 2.24) is 9.55 Å². The molecule has 0 amide bonds. The molecule has 0 unspecified atom stereocenters. The van der Waals surface area contributed by atoms with Crippen LogP contribution >= 0.6 is 11.6 Å². The van der Waals surface area contributed by atoms with Crippen molar-refractivity contribution in [3.63, 3.8) is 0 Å². The molecule has 30 heavy (non-hydrogen) atoms. The number of halogens is 5. The smallest absolute Gasteiger partial charge is 0.432 e. The first-order valence-electron chi connectivity index (χ1n) is 8.36. The molecule has 2 aromatic carbocycles. The van der Waals surface area contributed by atoms with Crippen molar-refractivity contribution in [2.45, 2.75) is 12.8 Å². The molecular weight excluding hydrogens is 430 g/mol. The zero-order valence-electron chi connectivity index (χ0n) is 15.3. The Kier molecular flexibility index (Phi) is 5.62. The highest BCUT2D eigenvalue weighted by Gasteiger charge is 2.39. The van der Waals surface area contributed by atoms with E-state index < -0.39 is 40.1 Å². The molecule has 1 heterocycles. The second kappa shape index (κ2) is 7.86. The SMILES string of the molecule is Cn1c(C(F)(F)F)c(-c2ccc(OCc3ccc(Cl)c(N)c3)cc2F)c(=O)[nH]c1=O. The van der Waals surface area contributed by atoms with Gasteiger partial charge in [-0.3, -0.25) is 14.3 Å². The number of aromatic amines is 1. The number of benzene rings is 2. The van der Waals surface area contributed by atoms with Crippen molar-refractivity contribution >= 4 is 17.3 Å². The number of H-pyrrole nitrogens is 1. The molecule has 0 aliphatic carbocycles. The Morgan fingerprint density at radius 1 is 1.17 bits per heavy atom. The molecule has 0 bridgehead atoms. The normalized spacial score (nSPS) is 11.5. The van der Waals surface area contributed by atoms with Gasteiger partial charge in [-0.15, -0.1) is 0 Å². The number of nitrogens with two attached hydrogens (primary N) is 1. The molecular formula is C19H14ClF4N3O3. The van der Waals surface area contributed by atoms with Crippen molar-refractivity contribution in [1.29, 1.82) is 0 Å². The van der Waals surface area contributed by atoms with Crippen LogP contribution in [0.5, 0.6) is 5.75 Å². The average Bonchev–Trinajstić information content (AvgIpc) is 2.65. The van der Waals surface area contributed by atoms with Crippen LogP contribution < -0.4 is 21.7 Å². The molecule has 0 atom stereocenters. The van der Waals surface area contributed by atoms with Gasteiger partial charge < -0.3 is 10.5 Å². The fraction of sp³-hybridized carbons (Fsp3) is 0.158. The second-order valence-corrected chi connectivity index (χ2v) is 6.73. The van der Waals surface area contributed by atoms with Gasteiger partial charge in [0.15, 0.2) is 0 Å². The molecule has 11 heteroatoms. The zero-order chi connectivity index (χ0) is 22.2. The summed E-state index contributed by atoms with van der Waals surface area (Å²) in [6, 6.07) is 7.80. The van der Waals surface area contributed by atoms with E-state index in [2.05, 4.69) is 0 Å². The van der Waals surface area contributed by atoms with Crippen LogP contribution in [0.3, 0.4) is 0 Å². The van der Waals surface area contributed by atoms with Crippen LogP contribution in [-0.2, 0) is 19.8 Å². The van der Waals surface area contributed by atoms with E-state index in [4.69, 9.17) is 22.1 Å². The van der Waals surface area contributed by atoms with Gasteiger partial charge in [-0.2, -0.15) is 13.2 Å². The zero-order valence-corrected chi connectivity index (χ0v) is 16.1. The van der Waals surface area contributed by atoms with Crippen molar-refractivity contribution in [3.05, 3.63) is 79.3 Å². The van der Waals surface area contributed by atoms with E-state index >= 15 is 0 Å². The van der Waals surface area contributed by atoms with Gasteiger partial charge in [0.1, 0.15) is 23.9 Å².